The Bertz CT molecular complexity index is 415. The van der Waals surface area contributed by atoms with Crippen molar-refractivity contribution in [2.75, 3.05) is 6.61 Å². The quantitative estimate of drug-likeness (QED) is 0.806. The lowest BCUT2D eigenvalue weighted by molar-refractivity contribution is 0.00578. The number of aliphatic hydroxyl groups is 1. The van der Waals surface area contributed by atoms with Crippen LogP contribution in [0.5, 0.6) is 0 Å². The fourth-order valence-corrected chi connectivity index (χ4v) is 1.78. The first kappa shape index (κ1) is 13.6. The molecule has 0 bridgehead atoms. The van der Waals surface area contributed by atoms with Crippen molar-refractivity contribution in [2.24, 2.45) is 0 Å². The molecule has 0 amide bonds. The molecular weight excluding hydrogens is 231 g/mol. The Hall–Kier alpha value is -0.845. The van der Waals surface area contributed by atoms with Crippen molar-refractivity contribution < 1.29 is 14.4 Å². The predicted octanol–water partition coefficient (Wildman–Crippen LogP) is 0.736. The van der Waals surface area contributed by atoms with Gasteiger partial charge in [-0.3, -0.25) is 4.68 Å². The Balaban J connectivity index is 2.17. The predicted molar refractivity (Wildman–Crippen MR) is 69.7 cm³/mol. The molecule has 0 radical (unpaired) electrons. The molecule has 1 fully saturated rings. The van der Waals surface area contributed by atoms with Gasteiger partial charge in [-0.15, -0.1) is 0 Å². The van der Waals surface area contributed by atoms with Crippen molar-refractivity contribution in [1.29, 1.82) is 0 Å². The van der Waals surface area contributed by atoms with Gasteiger partial charge in [0, 0.05) is 17.9 Å². The third-order valence-electron chi connectivity index (χ3n) is 3.86. The summed E-state index contributed by atoms with van der Waals surface area (Å²) < 4.78 is 13.6. The largest absolute Gasteiger partial charge is 0.498 e. The van der Waals surface area contributed by atoms with E-state index in [4.69, 9.17) is 14.4 Å². The molecule has 2 rings (SSSR count). The second-order valence-corrected chi connectivity index (χ2v) is 5.87. The zero-order chi connectivity index (χ0) is 13.6. The highest BCUT2D eigenvalue weighted by Gasteiger charge is 2.52. The maximum absolute atomic E-state index is 9.11. The van der Waals surface area contributed by atoms with E-state index in [1.54, 1.807) is 10.9 Å². The molecule has 1 aliphatic rings. The Morgan fingerprint density at radius 1 is 1.33 bits per heavy atom. The molecule has 0 saturated carbocycles. The van der Waals surface area contributed by atoms with Gasteiger partial charge in [-0.25, -0.2) is 0 Å². The SMILES string of the molecule is C[C@@H](CO)n1cc(B2OC(C)(C)C(C)(C)O2)cn1. The molecule has 18 heavy (non-hydrogen) atoms. The van der Waals surface area contributed by atoms with Gasteiger partial charge in [0.15, 0.2) is 0 Å². The lowest BCUT2D eigenvalue weighted by Crippen LogP contribution is -2.41. The van der Waals surface area contributed by atoms with Crippen LogP contribution < -0.4 is 5.46 Å². The molecule has 1 aliphatic heterocycles. The molecule has 1 aromatic rings. The van der Waals surface area contributed by atoms with Crippen molar-refractivity contribution in [2.45, 2.75) is 51.9 Å². The van der Waals surface area contributed by atoms with E-state index in [2.05, 4.69) is 5.10 Å². The van der Waals surface area contributed by atoms with Crippen molar-refractivity contribution in [3.8, 4) is 0 Å². The lowest BCUT2D eigenvalue weighted by atomic mass is 9.82. The molecule has 0 aliphatic carbocycles. The van der Waals surface area contributed by atoms with E-state index in [1.165, 1.54) is 0 Å². The van der Waals surface area contributed by atoms with Crippen LogP contribution in [0.3, 0.4) is 0 Å². The van der Waals surface area contributed by atoms with Crippen molar-refractivity contribution in [1.82, 2.24) is 9.78 Å². The van der Waals surface area contributed by atoms with E-state index in [9.17, 15) is 0 Å². The minimum atomic E-state index is -0.394. The van der Waals surface area contributed by atoms with Crippen LogP contribution in [-0.2, 0) is 9.31 Å². The third kappa shape index (κ3) is 2.20. The average Bonchev–Trinajstić information content (AvgIpc) is 2.82. The van der Waals surface area contributed by atoms with Crippen molar-refractivity contribution in [3.05, 3.63) is 12.4 Å². The fraction of sp³-hybridized carbons (Fsp3) is 0.750. The summed E-state index contributed by atoms with van der Waals surface area (Å²) in [4.78, 5) is 0. The van der Waals surface area contributed by atoms with E-state index < -0.39 is 7.12 Å². The van der Waals surface area contributed by atoms with Gasteiger partial charge in [0.25, 0.3) is 0 Å². The lowest BCUT2D eigenvalue weighted by Gasteiger charge is -2.32. The molecule has 1 N–H and O–H groups in total. The van der Waals surface area contributed by atoms with E-state index in [1.807, 2.05) is 40.8 Å². The highest BCUT2D eigenvalue weighted by Crippen LogP contribution is 2.36. The summed E-state index contributed by atoms with van der Waals surface area (Å²) in [6, 6.07) is -0.0406. The smallest absolute Gasteiger partial charge is 0.399 e. The van der Waals surface area contributed by atoms with Crippen LogP contribution in [0.2, 0.25) is 0 Å². The second kappa shape index (κ2) is 4.37. The van der Waals surface area contributed by atoms with E-state index >= 15 is 0 Å². The second-order valence-electron chi connectivity index (χ2n) is 5.87. The van der Waals surface area contributed by atoms with E-state index in [0.717, 1.165) is 5.46 Å². The van der Waals surface area contributed by atoms with E-state index in [0.29, 0.717) is 0 Å². The maximum atomic E-state index is 9.11. The van der Waals surface area contributed by atoms with Crippen LogP contribution in [0.15, 0.2) is 12.4 Å². The number of rotatable bonds is 3. The van der Waals surface area contributed by atoms with Crippen LogP contribution in [0.1, 0.15) is 40.7 Å². The zero-order valence-corrected chi connectivity index (χ0v) is 11.7. The Morgan fingerprint density at radius 3 is 2.39 bits per heavy atom. The summed E-state index contributed by atoms with van der Waals surface area (Å²) in [5.74, 6) is 0. The average molecular weight is 252 g/mol. The maximum Gasteiger partial charge on any atom is 0.498 e. The number of aliphatic hydroxyl groups excluding tert-OH is 1. The number of aromatic nitrogens is 2. The van der Waals surface area contributed by atoms with Gasteiger partial charge in [0.2, 0.25) is 0 Å². The normalized spacial score (nSPS) is 23.3. The molecular formula is C12H21BN2O3. The molecule has 0 unspecified atom stereocenters. The van der Waals surface area contributed by atoms with Crippen LogP contribution in [-0.4, -0.2) is 39.8 Å². The summed E-state index contributed by atoms with van der Waals surface area (Å²) in [6.07, 6.45) is 3.59. The van der Waals surface area contributed by atoms with Crippen LogP contribution in [0, 0.1) is 0 Å². The summed E-state index contributed by atoms with van der Waals surface area (Å²) in [5, 5.41) is 13.3. The van der Waals surface area contributed by atoms with Gasteiger partial charge >= 0.3 is 7.12 Å². The van der Waals surface area contributed by atoms with Gasteiger partial charge in [0.05, 0.1) is 23.9 Å². The summed E-state index contributed by atoms with van der Waals surface area (Å²) in [7, 11) is -0.394. The first-order valence-corrected chi connectivity index (χ1v) is 6.27. The highest BCUT2D eigenvalue weighted by molar-refractivity contribution is 6.61. The molecule has 6 heteroatoms. The molecule has 2 heterocycles. The van der Waals surface area contributed by atoms with Crippen LogP contribution in [0.25, 0.3) is 0 Å². The number of hydrogen-bond donors (Lipinski definition) is 1. The van der Waals surface area contributed by atoms with Gasteiger partial charge in [-0.2, -0.15) is 5.10 Å². The van der Waals surface area contributed by atoms with Gasteiger partial charge in [-0.1, -0.05) is 0 Å². The minimum absolute atomic E-state index is 0.0406. The topological polar surface area (TPSA) is 56.5 Å². The monoisotopic (exact) mass is 252 g/mol. The molecule has 1 atom stereocenters. The molecule has 1 aromatic heterocycles. The molecule has 5 nitrogen and oxygen atoms in total. The standard InChI is InChI=1S/C12H21BN2O3/c1-9(8-16)15-7-10(6-14-15)13-17-11(2,3)12(4,5)18-13/h6-7,9,16H,8H2,1-5H3/t9-/m0/s1. The first-order valence-electron chi connectivity index (χ1n) is 6.27. The van der Waals surface area contributed by atoms with Crippen molar-refractivity contribution >= 4 is 12.6 Å². The summed E-state index contributed by atoms with van der Waals surface area (Å²) in [5.41, 5.74) is 0.194. The highest BCUT2D eigenvalue weighted by atomic mass is 16.7. The molecule has 1 saturated heterocycles. The fourth-order valence-electron chi connectivity index (χ4n) is 1.78. The first-order chi connectivity index (χ1) is 8.27. The van der Waals surface area contributed by atoms with Crippen molar-refractivity contribution in [3.63, 3.8) is 0 Å². The van der Waals surface area contributed by atoms with Crippen LogP contribution in [0.4, 0.5) is 0 Å². The minimum Gasteiger partial charge on any atom is -0.399 e. The molecule has 0 aromatic carbocycles. The Kier molecular flexibility index (Phi) is 3.29. The Morgan fingerprint density at radius 2 is 1.89 bits per heavy atom. The zero-order valence-electron chi connectivity index (χ0n) is 11.7. The Labute approximate surface area is 108 Å². The number of nitrogens with zero attached hydrogens (tertiary/aromatic N) is 2. The summed E-state index contributed by atoms with van der Waals surface area (Å²) in [6.45, 7) is 10.1. The van der Waals surface area contributed by atoms with E-state index in [-0.39, 0.29) is 23.9 Å². The molecule has 0 spiro atoms. The summed E-state index contributed by atoms with van der Waals surface area (Å²) >= 11 is 0. The van der Waals surface area contributed by atoms with Gasteiger partial charge < -0.3 is 14.4 Å². The molecule has 100 valence electrons. The van der Waals surface area contributed by atoms with Gasteiger partial charge in [-0.05, 0) is 34.6 Å². The van der Waals surface area contributed by atoms with Gasteiger partial charge in [0.1, 0.15) is 0 Å². The third-order valence-corrected chi connectivity index (χ3v) is 3.86. The van der Waals surface area contributed by atoms with Crippen LogP contribution >= 0.6 is 0 Å². The number of hydrogen-bond acceptors (Lipinski definition) is 4.